The van der Waals surface area contributed by atoms with E-state index in [0.29, 0.717) is 5.56 Å². The molecule has 0 aliphatic heterocycles. The molecule has 0 N–H and O–H groups in total. The molecule has 1 aromatic carbocycles. The molecule has 5 nitrogen and oxygen atoms in total. The normalized spacial score (nSPS) is 11.0. The number of amides is 1. The van der Waals surface area contributed by atoms with Crippen LogP contribution in [0.25, 0.3) is 0 Å². The van der Waals surface area contributed by atoms with Crippen molar-refractivity contribution >= 4 is 17.6 Å². The highest BCUT2D eigenvalue weighted by Gasteiger charge is 2.21. The highest BCUT2D eigenvalue weighted by molar-refractivity contribution is 5.94. The van der Waals surface area contributed by atoms with Gasteiger partial charge in [0.25, 0.3) is 5.91 Å². The first-order valence-electron chi connectivity index (χ1n) is 6.86. The summed E-state index contributed by atoms with van der Waals surface area (Å²) in [6.07, 6.45) is 0.254. The molecule has 0 heterocycles. The summed E-state index contributed by atoms with van der Waals surface area (Å²) in [5.41, 5.74) is 1.31. The molecule has 0 fully saturated rings. The third-order valence-corrected chi connectivity index (χ3v) is 2.83. The Balaban J connectivity index is 2.68. The molecular weight excluding hydrogens is 268 g/mol. The van der Waals surface area contributed by atoms with E-state index in [1.165, 1.54) is 7.05 Å². The number of benzene rings is 1. The summed E-state index contributed by atoms with van der Waals surface area (Å²) < 4.78 is 0. The lowest BCUT2D eigenvalue weighted by Crippen LogP contribution is -2.31. The number of anilines is 1. The van der Waals surface area contributed by atoms with Crippen molar-refractivity contribution < 1.29 is 14.4 Å². The van der Waals surface area contributed by atoms with Gasteiger partial charge in [-0.1, -0.05) is 20.8 Å². The van der Waals surface area contributed by atoms with Crippen LogP contribution in [0.5, 0.6) is 0 Å². The van der Waals surface area contributed by atoms with Gasteiger partial charge in [-0.15, -0.1) is 0 Å². The molecule has 1 amide bonds. The maximum absolute atomic E-state index is 12.2. The quantitative estimate of drug-likeness (QED) is 0.804. The van der Waals surface area contributed by atoms with Crippen LogP contribution in [0.15, 0.2) is 24.3 Å². The van der Waals surface area contributed by atoms with E-state index in [-0.39, 0.29) is 17.7 Å². The van der Waals surface area contributed by atoms with E-state index < -0.39 is 5.97 Å². The van der Waals surface area contributed by atoms with Crippen molar-refractivity contribution in [3.63, 3.8) is 0 Å². The lowest BCUT2D eigenvalue weighted by atomic mass is 9.93. The summed E-state index contributed by atoms with van der Waals surface area (Å²) in [5.74, 6) is -0.758. The van der Waals surface area contributed by atoms with Crippen LogP contribution in [0.4, 0.5) is 5.69 Å². The van der Waals surface area contributed by atoms with Crippen molar-refractivity contribution in [2.45, 2.75) is 27.2 Å². The summed E-state index contributed by atoms with van der Waals surface area (Å²) in [5, 5.41) is 0.985. The van der Waals surface area contributed by atoms with E-state index in [1.54, 1.807) is 12.1 Å². The molecule has 0 atom stereocenters. The van der Waals surface area contributed by atoms with Crippen molar-refractivity contribution in [1.82, 2.24) is 5.06 Å². The number of hydrogen-bond donors (Lipinski definition) is 0. The standard InChI is InChI=1S/C16H24N2O3/c1-16(2,3)11-14(19)21-18(6)15(20)12-7-9-13(10-8-12)17(4)5/h7-10H,11H2,1-6H3. The average Bonchev–Trinajstić information content (AvgIpc) is 2.35. The molecule has 0 saturated heterocycles. The maximum Gasteiger partial charge on any atom is 0.333 e. The third kappa shape index (κ3) is 5.45. The number of nitrogens with zero attached hydrogens (tertiary/aromatic N) is 2. The topological polar surface area (TPSA) is 49.9 Å². The molecule has 0 aromatic heterocycles. The van der Waals surface area contributed by atoms with Gasteiger partial charge in [-0.3, -0.25) is 4.79 Å². The molecule has 0 spiro atoms. The minimum atomic E-state index is -0.414. The molecule has 5 heteroatoms. The van der Waals surface area contributed by atoms with E-state index >= 15 is 0 Å². The largest absolute Gasteiger partial charge is 0.378 e. The van der Waals surface area contributed by atoms with Crippen molar-refractivity contribution in [3.8, 4) is 0 Å². The van der Waals surface area contributed by atoms with E-state index in [0.717, 1.165) is 10.8 Å². The lowest BCUT2D eigenvalue weighted by Gasteiger charge is -2.21. The van der Waals surface area contributed by atoms with Crippen molar-refractivity contribution in [1.29, 1.82) is 0 Å². The Morgan fingerprint density at radius 3 is 2.00 bits per heavy atom. The SMILES string of the molecule is CN(OC(=O)CC(C)(C)C)C(=O)c1ccc(N(C)C)cc1. The van der Waals surface area contributed by atoms with Crippen LogP contribution in [0.2, 0.25) is 0 Å². The van der Waals surface area contributed by atoms with Gasteiger partial charge >= 0.3 is 5.97 Å². The van der Waals surface area contributed by atoms with E-state index in [2.05, 4.69) is 0 Å². The average molecular weight is 292 g/mol. The van der Waals surface area contributed by atoms with E-state index in [4.69, 9.17) is 4.84 Å². The van der Waals surface area contributed by atoms with Gasteiger partial charge in [-0.25, -0.2) is 4.79 Å². The molecule has 0 saturated carbocycles. The Morgan fingerprint density at radius 1 is 1.05 bits per heavy atom. The molecule has 0 aliphatic carbocycles. The maximum atomic E-state index is 12.2. The second-order valence-corrected chi connectivity index (χ2v) is 6.44. The number of rotatable bonds is 3. The fourth-order valence-corrected chi connectivity index (χ4v) is 1.74. The van der Waals surface area contributed by atoms with Crippen LogP contribution >= 0.6 is 0 Å². The second-order valence-electron chi connectivity index (χ2n) is 6.44. The third-order valence-electron chi connectivity index (χ3n) is 2.83. The van der Waals surface area contributed by atoms with Gasteiger partial charge in [0, 0.05) is 32.4 Å². The fraction of sp³-hybridized carbons (Fsp3) is 0.500. The summed E-state index contributed by atoms with van der Waals surface area (Å²) in [7, 11) is 5.30. The Morgan fingerprint density at radius 2 is 1.57 bits per heavy atom. The summed E-state index contributed by atoms with van der Waals surface area (Å²) >= 11 is 0. The Labute approximate surface area is 126 Å². The van der Waals surface area contributed by atoms with Crippen LogP contribution in [0.1, 0.15) is 37.6 Å². The highest BCUT2D eigenvalue weighted by atomic mass is 16.7. The summed E-state index contributed by atoms with van der Waals surface area (Å²) in [4.78, 5) is 30.9. The minimum absolute atomic E-state index is 0.172. The molecule has 1 aromatic rings. The molecule has 0 bridgehead atoms. The molecular formula is C16H24N2O3. The van der Waals surface area contributed by atoms with Gasteiger partial charge in [-0.2, -0.15) is 5.06 Å². The zero-order valence-electron chi connectivity index (χ0n) is 13.6. The first-order valence-corrected chi connectivity index (χ1v) is 6.86. The lowest BCUT2D eigenvalue weighted by molar-refractivity contribution is -0.175. The first-order chi connectivity index (χ1) is 9.60. The number of hydroxylamine groups is 2. The molecule has 21 heavy (non-hydrogen) atoms. The monoisotopic (exact) mass is 292 g/mol. The molecule has 0 unspecified atom stereocenters. The second kappa shape index (κ2) is 6.61. The van der Waals surface area contributed by atoms with Gasteiger partial charge in [0.1, 0.15) is 0 Å². The number of carbonyl (C=O) groups is 2. The van der Waals surface area contributed by atoms with Crippen molar-refractivity contribution in [3.05, 3.63) is 29.8 Å². The highest BCUT2D eigenvalue weighted by Crippen LogP contribution is 2.19. The van der Waals surface area contributed by atoms with E-state index in [1.807, 2.05) is 51.9 Å². The fourth-order valence-electron chi connectivity index (χ4n) is 1.74. The smallest absolute Gasteiger partial charge is 0.333 e. The van der Waals surface area contributed by atoms with Crippen LogP contribution in [-0.2, 0) is 9.63 Å². The molecule has 0 radical (unpaired) electrons. The van der Waals surface area contributed by atoms with Crippen LogP contribution in [0.3, 0.4) is 0 Å². The van der Waals surface area contributed by atoms with Gasteiger partial charge in [0.05, 0.1) is 6.42 Å². The Kier molecular flexibility index (Phi) is 5.35. The van der Waals surface area contributed by atoms with Crippen LogP contribution in [-0.4, -0.2) is 38.1 Å². The Bertz CT molecular complexity index is 501. The zero-order valence-corrected chi connectivity index (χ0v) is 13.6. The van der Waals surface area contributed by atoms with Gasteiger partial charge in [0.2, 0.25) is 0 Å². The zero-order chi connectivity index (χ0) is 16.2. The van der Waals surface area contributed by atoms with Crippen LogP contribution in [0, 0.1) is 5.41 Å². The number of hydrogen-bond acceptors (Lipinski definition) is 4. The summed E-state index contributed by atoms with van der Waals surface area (Å²) in [6.45, 7) is 5.82. The molecule has 0 aliphatic rings. The van der Waals surface area contributed by atoms with E-state index in [9.17, 15) is 9.59 Å². The predicted octanol–water partition coefficient (Wildman–Crippen LogP) is 2.72. The molecule has 116 valence electrons. The van der Waals surface area contributed by atoms with Crippen molar-refractivity contribution in [2.24, 2.45) is 5.41 Å². The minimum Gasteiger partial charge on any atom is -0.378 e. The van der Waals surface area contributed by atoms with Crippen molar-refractivity contribution in [2.75, 3.05) is 26.0 Å². The summed E-state index contributed by atoms with van der Waals surface area (Å²) in [6, 6.07) is 7.12. The van der Waals surface area contributed by atoms with Gasteiger partial charge in [-0.05, 0) is 29.7 Å². The number of carbonyl (C=O) groups excluding carboxylic acids is 2. The Hall–Kier alpha value is -2.04. The predicted molar refractivity (Wildman–Crippen MR) is 83.0 cm³/mol. The van der Waals surface area contributed by atoms with Gasteiger partial charge in [0.15, 0.2) is 0 Å². The van der Waals surface area contributed by atoms with Crippen LogP contribution < -0.4 is 4.90 Å². The molecule has 1 rings (SSSR count). The van der Waals surface area contributed by atoms with Gasteiger partial charge < -0.3 is 9.74 Å². The first kappa shape index (κ1) is 17.0.